The molecule has 2 N–H and O–H groups in total. The van der Waals surface area contributed by atoms with E-state index in [1.54, 1.807) is 0 Å². The molecule has 0 saturated heterocycles. The highest BCUT2D eigenvalue weighted by Gasteiger charge is 2.37. The van der Waals surface area contributed by atoms with E-state index in [-0.39, 0.29) is 18.3 Å². The zero-order valence-electron chi connectivity index (χ0n) is 12.6. The Hall–Kier alpha value is -1.30. The molecular weight excluding hydrogens is 337 g/mol. The van der Waals surface area contributed by atoms with E-state index in [0.29, 0.717) is 23.3 Å². The van der Waals surface area contributed by atoms with Gasteiger partial charge >= 0.3 is 0 Å². The average Bonchev–Trinajstić information content (AvgIpc) is 3.16. The van der Waals surface area contributed by atoms with Crippen molar-refractivity contribution in [1.82, 2.24) is 10.1 Å². The Morgan fingerprint density at radius 1 is 1.26 bits per heavy atom. The molecule has 1 fully saturated rings. The van der Waals surface area contributed by atoms with Crippen LogP contribution in [0, 0.1) is 0 Å². The van der Waals surface area contributed by atoms with E-state index in [4.69, 9.17) is 26.6 Å². The molecule has 0 spiro atoms. The first-order chi connectivity index (χ1) is 10.6. The smallest absolute Gasteiger partial charge is 0.233 e. The van der Waals surface area contributed by atoms with Crippen LogP contribution in [-0.2, 0) is 12.0 Å². The number of nitrogens with zero attached hydrogens (tertiary/aromatic N) is 2. The lowest BCUT2D eigenvalue weighted by molar-refractivity contribution is 0.229. The van der Waals surface area contributed by atoms with E-state index < -0.39 is 5.54 Å². The van der Waals surface area contributed by atoms with Crippen LogP contribution < -0.4 is 10.5 Å². The van der Waals surface area contributed by atoms with Crippen LogP contribution in [0.15, 0.2) is 22.7 Å². The van der Waals surface area contributed by atoms with E-state index in [9.17, 15) is 0 Å². The lowest BCUT2D eigenvalue weighted by Gasteiger charge is -2.23. The maximum Gasteiger partial charge on any atom is 0.233 e. The Labute approximate surface area is 145 Å². The largest absolute Gasteiger partial charge is 0.492 e. The van der Waals surface area contributed by atoms with Crippen LogP contribution in [0.25, 0.3) is 0 Å². The highest BCUT2D eigenvalue weighted by atomic mass is 35.5. The average molecular weight is 356 g/mol. The van der Waals surface area contributed by atoms with Gasteiger partial charge in [0, 0.05) is 5.02 Å². The van der Waals surface area contributed by atoms with Crippen molar-refractivity contribution in [3.05, 3.63) is 40.5 Å². The van der Waals surface area contributed by atoms with Crippen molar-refractivity contribution < 1.29 is 9.26 Å². The maximum absolute atomic E-state index is 6.39. The van der Waals surface area contributed by atoms with Crippen molar-refractivity contribution in [2.75, 3.05) is 6.61 Å². The van der Waals surface area contributed by atoms with Crippen molar-refractivity contribution in [3.8, 4) is 5.75 Å². The summed E-state index contributed by atoms with van der Waals surface area (Å²) in [6.07, 6.45) is 4.88. The minimum absolute atomic E-state index is 0. The molecule has 7 heteroatoms. The van der Waals surface area contributed by atoms with E-state index >= 15 is 0 Å². The highest BCUT2D eigenvalue weighted by molar-refractivity contribution is 6.30. The Morgan fingerprint density at radius 3 is 2.83 bits per heavy atom. The Balaban J connectivity index is 0.00000156. The fourth-order valence-corrected chi connectivity index (χ4v) is 3.55. The second-order valence-corrected chi connectivity index (χ2v) is 6.72. The molecule has 2 heterocycles. The van der Waals surface area contributed by atoms with Crippen molar-refractivity contribution in [2.45, 2.75) is 43.6 Å². The number of aromatic nitrogens is 2. The number of fused-ring (bicyclic) bond motifs is 1. The fraction of sp³-hybridized carbons (Fsp3) is 0.500. The molecule has 4 rings (SSSR count). The predicted molar refractivity (Wildman–Crippen MR) is 89.3 cm³/mol. The van der Waals surface area contributed by atoms with Gasteiger partial charge < -0.3 is 15.0 Å². The molecule has 2 aromatic rings. The van der Waals surface area contributed by atoms with Crippen LogP contribution in [0.3, 0.4) is 0 Å². The Morgan fingerprint density at radius 2 is 2.04 bits per heavy atom. The number of hydrogen-bond acceptors (Lipinski definition) is 5. The van der Waals surface area contributed by atoms with Crippen molar-refractivity contribution in [1.29, 1.82) is 0 Å². The van der Waals surface area contributed by atoms with Crippen LogP contribution in [0.2, 0.25) is 5.02 Å². The van der Waals surface area contributed by atoms with Gasteiger partial charge in [-0.15, -0.1) is 12.4 Å². The van der Waals surface area contributed by atoms with Crippen LogP contribution in [0.1, 0.15) is 48.9 Å². The zero-order chi connectivity index (χ0) is 15.2. The van der Waals surface area contributed by atoms with Crippen molar-refractivity contribution in [3.63, 3.8) is 0 Å². The standard InChI is InChI=1S/C16H18ClN3O2.ClH/c17-12-3-4-13-10(8-12)7-11(9-21-13)14-19-15(20-22-14)16(18)5-1-2-6-16;/h3-4,8,11H,1-2,5-7,9,18H2;1H. The normalized spacial score (nSPS) is 22.1. The molecule has 0 bridgehead atoms. The van der Waals surface area contributed by atoms with Crippen molar-refractivity contribution >= 4 is 24.0 Å². The van der Waals surface area contributed by atoms with Crippen LogP contribution >= 0.6 is 24.0 Å². The SMILES string of the molecule is Cl.NC1(c2noc(C3COc4ccc(Cl)cc4C3)n2)CCCC1. The summed E-state index contributed by atoms with van der Waals surface area (Å²) in [5.74, 6) is 2.18. The third-order valence-corrected chi connectivity index (χ3v) is 4.90. The molecule has 1 aliphatic heterocycles. The Bertz CT molecular complexity index is 698. The summed E-state index contributed by atoms with van der Waals surface area (Å²) >= 11 is 6.06. The molecule has 0 amide bonds. The lowest BCUT2D eigenvalue weighted by Crippen LogP contribution is -2.34. The molecule has 124 valence electrons. The number of nitrogens with two attached hydrogens (primary N) is 1. The summed E-state index contributed by atoms with van der Waals surface area (Å²) in [5, 5.41) is 4.84. The third-order valence-electron chi connectivity index (χ3n) is 4.66. The van der Waals surface area contributed by atoms with E-state index in [2.05, 4.69) is 10.1 Å². The summed E-state index contributed by atoms with van der Waals surface area (Å²) in [6.45, 7) is 0.536. The summed E-state index contributed by atoms with van der Waals surface area (Å²) in [6, 6.07) is 5.67. The molecule has 2 aliphatic rings. The van der Waals surface area contributed by atoms with Crippen LogP contribution in [-0.4, -0.2) is 16.7 Å². The molecule has 23 heavy (non-hydrogen) atoms. The van der Waals surface area contributed by atoms with Gasteiger partial charge in [-0.25, -0.2) is 0 Å². The van der Waals surface area contributed by atoms with Crippen molar-refractivity contribution in [2.24, 2.45) is 5.73 Å². The molecular formula is C16H19Cl2N3O2. The van der Waals surface area contributed by atoms with Crippen LogP contribution in [0.4, 0.5) is 0 Å². The van der Waals surface area contributed by atoms with Gasteiger partial charge in [0.15, 0.2) is 5.82 Å². The molecule has 1 aromatic heterocycles. The van der Waals surface area contributed by atoms with Gasteiger partial charge in [-0.1, -0.05) is 29.6 Å². The van der Waals surface area contributed by atoms with Gasteiger partial charge in [-0.05, 0) is 43.0 Å². The molecule has 0 radical (unpaired) electrons. The molecule has 1 atom stereocenters. The van der Waals surface area contributed by atoms with Gasteiger partial charge in [0.1, 0.15) is 12.4 Å². The lowest BCUT2D eigenvalue weighted by atomic mass is 9.96. The first-order valence-corrected chi connectivity index (χ1v) is 8.06. The summed E-state index contributed by atoms with van der Waals surface area (Å²) in [7, 11) is 0. The number of rotatable bonds is 2. The second kappa shape index (κ2) is 6.30. The molecule has 1 saturated carbocycles. The maximum atomic E-state index is 6.39. The highest BCUT2D eigenvalue weighted by Crippen LogP contribution is 2.37. The van der Waals surface area contributed by atoms with Gasteiger partial charge in [0.25, 0.3) is 0 Å². The van der Waals surface area contributed by atoms with Gasteiger partial charge in [-0.2, -0.15) is 4.98 Å². The van der Waals surface area contributed by atoms with E-state index in [1.165, 1.54) is 0 Å². The van der Waals surface area contributed by atoms with E-state index in [1.807, 2.05) is 18.2 Å². The molecule has 1 aromatic carbocycles. The summed E-state index contributed by atoms with van der Waals surface area (Å²) in [4.78, 5) is 4.57. The number of benzene rings is 1. The quantitative estimate of drug-likeness (QED) is 0.890. The first kappa shape index (κ1) is 16.6. The summed E-state index contributed by atoms with van der Waals surface area (Å²) in [5.41, 5.74) is 7.04. The topological polar surface area (TPSA) is 74.2 Å². The van der Waals surface area contributed by atoms with Gasteiger partial charge in [0.2, 0.25) is 5.89 Å². The molecule has 1 aliphatic carbocycles. The minimum atomic E-state index is -0.418. The van der Waals surface area contributed by atoms with Crippen LogP contribution in [0.5, 0.6) is 5.75 Å². The number of ether oxygens (including phenoxy) is 1. The third kappa shape index (κ3) is 3.05. The van der Waals surface area contributed by atoms with Gasteiger partial charge in [0.05, 0.1) is 11.5 Å². The second-order valence-electron chi connectivity index (χ2n) is 6.28. The predicted octanol–water partition coefficient (Wildman–Crippen LogP) is 3.59. The van der Waals surface area contributed by atoms with E-state index in [0.717, 1.165) is 43.4 Å². The minimum Gasteiger partial charge on any atom is -0.492 e. The number of halogens is 2. The molecule has 1 unspecified atom stereocenters. The monoisotopic (exact) mass is 355 g/mol. The Kier molecular flexibility index (Phi) is 4.54. The first-order valence-electron chi connectivity index (χ1n) is 7.68. The van der Waals surface area contributed by atoms with Gasteiger partial charge in [-0.3, -0.25) is 0 Å². The number of hydrogen-bond donors (Lipinski definition) is 1. The summed E-state index contributed by atoms with van der Waals surface area (Å²) < 4.78 is 11.3. The zero-order valence-corrected chi connectivity index (χ0v) is 14.2. The molecule has 5 nitrogen and oxygen atoms in total. The fourth-order valence-electron chi connectivity index (χ4n) is 3.35.